The summed E-state index contributed by atoms with van der Waals surface area (Å²) in [4.78, 5) is 0. The van der Waals surface area contributed by atoms with Crippen molar-refractivity contribution >= 4 is 0 Å². The molecule has 0 amide bonds. The molecule has 2 aliphatic rings. The van der Waals surface area contributed by atoms with Crippen molar-refractivity contribution in [1.82, 2.24) is 10.6 Å². The second-order valence-corrected chi connectivity index (χ2v) is 5.01. The maximum atomic E-state index is 5.39. The first-order chi connectivity index (χ1) is 7.20. The van der Waals surface area contributed by atoms with Crippen LogP contribution in [0.15, 0.2) is 11.1 Å². The van der Waals surface area contributed by atoms with Gasteiger partial charge in [-0.1, -0.05) is 5.57 Å². The molecule has 2 rings (SSSR count). The molecule has 2 fully saturated rings. The Labute approximate surface area is 92.3 Å². The van der Waals surface area contributed by atoms with Crippen LogP contribution in [0.4, 0.5) is 0 Å². The summed E-state index contributed by atoms with van der Waals surface area (Å²) in [6.07, 6.45) is 2.27. The molecular weight excluding hydrogens is 188 g/mol. The first-order valence-corrected chi connectivity index (χ1v) is 5.91. The summed E-state index contributed by atoms with van der Waals surface area (Å²) in [7, 11) is 0. The molecule has 2 saturated heterocycles. The lowest BCUT2D eigenvalue weighted by Gasteiger charge is -2.35. The Balaban J connectivity index is 1.81. The first-order valence-electron chi connectivity index (χ1n) is 5.91. The molecule has 0 bridgehead atoms. The van der Waals surface area contributed by atoms with E-state index in [-0.39, 0.29) is 5.54 Å². The van der Waals surface area contributed by atoms with E-state index in [9.17, 15) is 0 Å². The average molecular weight is 210 g/mol. The minimum Gasteiger partial charge on any atom is -0.381 e. The Bertz CT molecular complexity index is 248. The van der Waals surface area contributed by atoms with Crippen LogP contribution >= 0.6 is 0 Å². The standard InChI is InChI=1S/C12H22N2O/c1-10(11-8-13-9-11)7-14-12(2)3-5-15-6-4-12/h13-14H,3-9H2,1-2H3. The molecule has 0 atom stereocenters. The average Bonchev–Trinajstić information content (AvgIpc) is 2.14. The fourth-order valence-electron chi connectivity index (χ4n) is 2.02. The van der Waals surface area contributed by atoms with Gasteiger partial charge < -0.3 is 15.4 Å². The second-order valence-electron chi connectivity index (χ2n) is 5.01. The van der Waals surface area contributed by atoms with Gasteiger partial charge in [-0.3, -0.25) is 0 Å². The molecule has 0 aliphatic carbocycles. The Hall–Kier alpha value is -0.380. The summed E-state index contributed by atoms with van der Waals surface area (Å²) in [5.74, 6) is 0. The van der Waals surface area contributed by atoms with Gasteiger partial charge in [0.05, 0.1) is 0 Å². The second kappa shape index (κ2) is 4.64. The van der Waals surface area contributed by atoms with Gasteiger partial charge >= 0.3 is 0 Å². The summed E-state index contributed by atoms with van der Waals surface area (Å²) in [6, 6.07) is 0. The monoisotopic (exact) mass is 210 g/mol. The Morgan fingerprint density at radius 3 is 2.60 bits per heavy atom. The predicted octanol–water partition coefficient (Wildman–Crippen LogP) is 1.06. The van der Waals surface area contributed by atoms with Crippen molar-refractivity contribution in [3.05, 3.63) is 11.1 Å². The Morgan fingerprint density at radius 1 is 1.40 bits per heavy atom. The number of nitrogens with one attached hydrogen (secondary N) is 2. The summed E-state index contributed by atoms with van der Waals surface area (Å²) < 4.78 is 5.39. The van der Waals surface area contributed by atoms with Crippen molar-refractivity contribution in [2.24, 2.45) is 0 Å². The van der Waals surface area contributed by atoms with Crippen molar-refractivity contribution in [2.45, 2.75) is 32.2 Å². The highest BCUT2D eigenvalue weighted by Crippen LogP contribution is 2.20. The van der Waals surface area contributed by atoms with Crippen LogP contribution in [-0.2, 0) is 4.74 Å². The van der Waals surface area contributed by atoms with Gasteiger partial charge in [0.2, 0.25) is 0 Å². The van der Waals surface area contributed by atoms with Gasteiger partial charge in [-0.15, -0.1) is 0 Å². The number of ether oxygens (including phenoxy) is 1. The summed E-state index contributed by atoms with van der Waals surface area (Å²) in [5, 5.41) is 6.97. The van der Waals surface area contributed by atoms with E-state index in [2.05, 4.69) is 24.5 Å². The molecule has 0 spiro atoms. The molecule has 3 nitrogen and oxygen atoms in total. The number of hydrogen-bond acceptors (Lipinski definition) is 3. The Morgan fingerprint density at radius 2 is 2.07 bits per heavy atom. The van der Waals surface area contributed by atoms with E-state index in [4.69, 9.17) is 4.74 Å². The molecule has 86 valence electrons. The highest BCUT2D eigenvalue weighted by Gasteiger charge is 2.26. The van der Waals surface area contributed by atoms with Crippen LogP contribution in [0.1, 0.15) is 26.7 Å². The third-order valence-corrected chi connectivity index (χ3v) is 3.66. The van der Waals surface area contributed by atoms with Gasteiger partial charge in [0.1, 0.15) is 0 Å². The van der Waals surface area contributed by atoms with Crippen LogP contribution < -0.4 is 10.6 Å². The van der Waals surface area contributed by atoms with Crippen LogP contribution in [-0.4, -0.2) is 38.4 Å². The van der Waals surface area contributed by atoms with Gasteiger partial charge in [0.25, 0.3) is 0 Å². The van der Waals surface area contributed by atoms with E-state index in [0.29, 0.717) is 0 Å². The third kappa shape index (κ3) is 2.80. The summed E-state index contributed by atoms with van der Waals surface area (Å²) >= 11 is 0. The molecule has 0 saturated carbocycles. The highest BCUT2D eigenvalue weighted by atomic mass is 16.5. The lowest BCUT2D eigenvalue weighted by Crippen LogP contribution is -2.48. The van der Waals surface area contributed by atoms with Crippen LogP contribution in [0, 0.1) is 0 Å². The normalized spacial score (nSPS) is 24.8. The molecule has 0 radical (unpaired) electrons. The minimum atomic E-state index is 0.289. The zero-order chi connectivity index (χ0) is 10.7. The predicted molar refractivity (Wildman–Crippen MR) is 62.0 cm³/mol. The number of rotatable bonds is 3. The maximum absolute atomic E-state index is 5.39. The van der Waals surface area contributed by atoms with E-state index < -0.39 is 0 Å². The van der Waals surface area contributed by atoms with Crippen LogP contribution in [0.5, 0.6) is 0 Å². The van der Waals surface area contributed by atoms with Crippen LogP contribution in [0.3, 0.4) is 0 Å². The minimum absolute atomic E-state index is 0.289. The summed E-state index contributed by atoms with van der Waals surface area (Å²) in [5.41, 5.74) is 3.39. The van der Waals surface area contributed by atoms with E-state index in [1.165, 1.54) is 5.57 Å². The zero-order valence-corrected chi connectivity index (χ0v) is 9.86. The summed E-state index contributed by atoms with van der Waals surface area (Å²) in [6.45, 7) is 9.58. The molecule has 3 heteroatoms. The topological polar surface area (TPSA) is 33.3 Å². The van der Waals surface area contributed by atoms with Crippen LogP contribution in [0.2, 0.25) is 0 Å². The van der Waals surface area contributed by atoms with Gasteiger partial charge in [-0.25, -0.2) is 0 Å². The van der Waals surface area contributed by atoms with E-state index in [1.807, 2.05) is 0 Å². The largest absolute Gasteiger partial charge is 0.381 e. The maximum Gasteiger partial charge on any atom is 0.0483 e. The molecule has 2 heterocycles. The Kier molecular flexibility index (Phi) is 3.44. The molecule has 0 aromatic carbocycles. The molecule has 0 unspecified atom stereocenters. The highest BCUT2D eigenvalue weighted by molar-refractivity contribution is 5.22. The molecule has 2 N–H and O–H groups in total. The van der Waals surface area contributed by atoms with E-state index >= 15 is 0 Å². The molecule has 2 aliphatic heterocycles. The zero-order valence-electron chi connectivity index (χ0n) is 9.86. The SMILES string of the molecule is CC(CNC1(C)CCOCC1)=C1CNC1. The van der Waals surface area contributed by atoms with Gasteiger partial charge in [-0.2, -0.15) is 0 Å². The fraction of sp³-hybridized carbons (Fsp3) is 0.833. The smallest absolute Gasteiger partial charge is 0.0483 e. The van der Waals surface area contributed by atoms with Gasteiger partial charge in [-0.05, 0) is 32.3 Å². The molecular formula is C12H22N2O. The lowest BCUT2D eigenvalue weighted by atomic mass is 9.92. The molecule has 0 aromatic heterocycles. The quantitative estimate of drug-likeness (QED) is 0.684. The van der Waals surface area contributed by atoms with Crippen molar-refractivity contribution in [3.8, 4) is 0 Å². The van der Waals surface area contributed by atoms with Crippen molar-refractivity contribution in [3.63, 3.8) is 0 Å². The van der Waals surface area contributed by atoms with Crippen molar-refractivity contribution < 1.29 is 4.74 Å². The molecule has 15 heavy (non-hydrogen) atoms. The number of hydrogen-bond donors (Lipinski definition) is 2. The van der Waals surface area contributed by atoms with E-state index in [1.54, 1.807) is 5.57 Å². The fourth-order valence-corrected chi connectivity index (χ4v) is 2.02. The lowest BCUT2D eigenvalue weighted by molar-refractivity contribution is 0.0464. The van der Waals surface area contributed by atoms with Crippen LogP contribution in [0.25, 0.3) is 0 Å². The van der Waals surface area contributed by atoms with Crippen molar-refractivity contribution in [2.75, 3.05) is 32.8 Å². The first kappa shape index (κ1) is 11.1. The van der Waals surface area contributed by atoms with Gasteiger partial charge in [0, 0.05) is 38.4 Å². The third-order valence-electron chi connectivity index (χ3n) is 3.66. The molecule has 0 aromatic rings. The van der Waals surface area contributed by atoms with E-state index in [0.717, 1.165) is 45.7 Å². The van der Waals surface area contributed by atoms with Crippen molar-refractivity contribution in [1.29, 1.82) is 0 Å². The van der Waals surface area contributed by atoms with Gasteiger partial charge in [0.15, 0.2) is 0 Å².